The zero-order chi connectivity index (χ0) is 13.5. The molecule has 1 saturated heterocycles. The highest BCUT2D eigenvalue weighted by atomic mass is 15.1. The first kappa shape index (κ1) is 13.4. The summed E-state index contributed by atoms with van der Waals surface area (Å²) in [6.07, 6.45) is 12.1. The topological polar surface area (TPSA) is 27.0 Å². The van der Waals surface area contributed by atoms with Crippen molar-refractivity contribution in [3.63, 3.8) is 0 Å². The molecule has 0 bridgehead atoms. The highest BCUT2D eigenvalue weighted by molar-refractivity contribution is 5.51. The van der Waals surface area contributed by atoms with Gasteiger partial charge in [0.2, 0.25) is 0 Å². The lowest BCUT2D eigenvalue weighted by molar-refractivity contribution is 0.226. The van der Waals surface area contributed by atoms with Crippen molar-refractivity contribution in [2.75, 3.05) is 19.6 Å². The van der Waals surface area contributed by atoms with Crippen LogP contribution in [0, 0.1) is 29.6 Å². The van der Waals surface area contributed by atoms with Gasteiger partial charge in [-0.3, -0.25) is 4.90 Å². The van der Waals surface area contributed by atoms with Crippen molar-refractivity contribution in [1.82, 2.24) is 4.90 Å². The third-order valence-corrected chi connectivity index (χ3v) is 3.55. The molecule has 2 heteroatoms. The molecule has 96 valence electrons. The smallest absolute Gasteiger partial charge is 0.0991 e. The minimum Gasteiger partial charge on any atom is -0.292 e. The molecule has 0 N–H and O–H groups in total. The van der Waals surface area contributed by atoms with Crippen molar-refractivity contribution in [2.45, 2.75) is 12.8 Å². The number of nitriles is 1. The van der Waals surface area contributed by atoms with Gasteiger partial charge in [-0.25, -0.2) is 0 Å². The predicted octanol–water partition coefficient (Wildman–Crippen LogP) is 2.92. The maximum Gasteiger partial charge on any atom is 0.0991 e. The monoisotopic (exact) mass is 250 g/mol. The van der Waals surface area contributed by atoms with Gasteiger partial charge in [-0.1, -0.05) is 30.2 Å². The molecule has 0 aliphatic carbocycles. The molecule has 1 heterocycles. The van der Waals surface area contributed by atoms with Gasteiger partial charge in [-0.05, 0) is 49.5 Å². The molecule has 1 aliphatic rings. The first-order valence-electron chi connectivity index (χ1n) is 6.66. The molecule has 1 fully saturated rings. The first-order chi connectivity index (χ1) is 9.31. The zero-order valence-electron chi connectivity index (χ0n) is 11.0. The maximum absolute atomic E-state index is 8.74. The van der Waals surface area contributed by atoms with Crippen LogP contribution in [0.2, 0.25) is 0 Å². The van der Waals surface area contributed by atoms with E-state index in [0.717, 1.165) is 25.2 Å². The fraction of sp³-hybridized carbons (Fsp3) is 0.353. The van der Waals surface area contributed by atoms with Gasteiger partial charge in [-0.2, -0.15) is 5.26 Å². The second-order valence-corrected chi connectivity index (χ2v) is 4.91. The summed E-state index contributed by atoms with van der Waals surface area (Å²) in [7, 11) is 0. The Bertz CT molecular complexity index is 506. The number of allylic oxidation sites excluding steroid dienone is 1. The summed E-state index contributed by atoms with van der Waals surface area (Å²) in [5.41, 5.74) is 1.87. The number of nitrogens with zero attached hydrogens (tertiary/aromatic N) is 2. The fourth-order valence-electron chi connectivity index (χ4n) is 2.35. The Morgan fingerprint density at radius 1 is 1.26 bits per heavy atom. The number of piperidine rings is 1. The molecular weight excluding hydrogens is 232 g/mol. The van der Waals surface area contributed by atoms with Crippen molar-refractivity contribution in [2.24, 2.45) is 5.92 Å². The van der Waals surface area contributed by atoms with Crippen molar-refractivity contribution in [3.8, 4) is 18.4 Å². The van der Waals surface area contributed by atoms with Crippen molar-refractivity contribution in [1.29, 1.82) is 5.26 Å². The minimum absolute atomic E-state index is 0.643. The Morgan fingerprint density at radius 3 is 2.53 bits per heavy atom. The van der Waals surface area contributed by atoms with Gasteiger partial charge >= 0.3 is 0 Å². The lowest BCUT2D eigenvalue weighted by atomic mass is 9.95. The third-order valence-electron chi connectivity index (χ3n) is 3.55. The van der Waals surface area contributed by atoms with E-state index in [1.54, 1.807) is 0 Å². The van der Waals surface area contributed by atoms with Gasteiger partial charge in [0.1, 0.15) is 0 Å². The summed E-state index contributed by atoms with van der Waals surface area (Å²) in [4.78, 5) is 2.33. The van der Waals surface area contributed by atoms with Crippen LogP contribution in [0.15, 0.2) is 30.3 Å². The van der Waals surface area contributed by atoms with Gasteiger partial charge in [-0.15, -0.1) is 6.42 Å². The Balaban J connectivity index is 1.86. The van der Waals surface area contributed by atoms with Gasteiger partial charge in [0.25, 0.3) is 0 Å². The summed E-state index contributed by atoms with van der Waals surface area (Å²) in [6, 6.07) is 9.82. The van der Waals surface area contributed by atoms with Crippen LogP contribution in [0.3, 0.4) is 0 Å². The first-order valence-corrected chi connectivity index (χ1v) is 6.66. The standard InChI is InChI=1S/C17H18N2/c1-2-11-19-12-9-16(10-13-19)4-3-15-5-7-17(14-18)8-6-15/h1,3-8,16H,9-13H2. The van der Waals surface area contributed by atoms with Crippen molar-refractivity contribution in [3.05, 3.63) is 41.5 Å². The molecule has 2 nitrogen and oxygen atoms in total. The second-order valence-electron chi connectivity index (χ2n) is 4.91. The second kappa shape index (κ2) is 6.78. The Labute approximate surface area is 115 Å². The number of benzene rings is 1. The van der Waals surface area contributed by atoms with E-state index in [-0.39, 0.29) is 0 Å². The predicted molar refractivity (Wildman–Crippen MR) is 78.2 cm³/mol. The minimum atomic E-state index is 0.643. The van der Waals surface area contributed by atoms with Crippen LogP contribution < -0.4 is 0 Å². The molecule has 0 amide bonds. The SMILES string of the molecule is C#CCN1CCC(C=Cc2ccc(C#N)cc2)CC1. The summed E-state index contributed by atoms with van der Waals surface area (Å²) < 4.78 is 0. The average Bonchev–Trinajstić information content (AvgIpc) is 2.47. The third kappa shape index (κ3) is 3.98. The average molecular weight is 250 g/mol. The van der Waals surface area contributed by atoms with Gasteiger partial charge < -0.3 is 0 Å². The van der Waals surface area contributed by atoms with E-state index >= 15 is 0 Å². The van der Waals surface area contributed by atoms with Crippen LogP contribution in [-0.4, -0.2) is 24.5 Å². The van der Waals surface area contributed by atoms with Gasteiger partial charge in [0, 0.05) is 0 Å². The fourth-order valence-corrected chi connectivity index (χ4v) is 2.35. The maximum atomic E-state index is 8.74. The number of terminal acetylenes is 1. The molecule has 1 aromatic rings. The van der Waals surface area contributed by atoms with Crippen LogP contribution in [0.1, 0.15) is 24.0 Å². The molecule has 0 saturated carbocycles. The van der Waals surface area contributed by atoms with Crippen molar-refractivity contribution >= 4 is 6.08 Å². The lowest BCUT2D eigenvalue weighted by Crippen LogP contribution is -2.33. The van der Waals surface area contributed by atoms with E-state index < -0.39 is 0 Å². The van der Waals surface area contributed by atoms with E-state index in [1.807, 2.05) is 24.3 Å². The molecule has 0 radical (unpaired) electrons. The van der Waals surface area contributed by atoms with E-state index in [9.17, 15) is 0 Å². The van der Waals surface area contributed by atoms with E-state index in [4.69, 9.17) is 11.7 Å². The molecule has 2 rings (SSSR count). The number of hydrogen-bond acceptors (Lipinski definition) is 2. The van der Waals surface area contributed by atoms with Crippen LogP contribution in [-0.2, 0) is 0 Å². The Kier molecular flexibility index (Phi) is 4.78. The number of likely N-dealkylation sites (tertiary alicyclic amines) is 1. The molecule has 0 unspecified atom stereocenters. The molecule has 1 aliphatic heterocycles. The Morgan fingerprint density at radius 2 is 1.95 bits per heavy atom. The number of rotatable bonds is 3. The van der Waals surface area contributed by atoms with Crippen molar-refractivity contribution < 1.29 is 0 Å². The van der Waals surface area contributed by atoms with Crippen LogP contribution in [0.5, 0.6) is 0 Å². The highest BCUT2D eigenvalue weighted by Crippen LogP contribution is 2.19. The molecule has 0 spiro atoms. The van der Waals surface area contributed by atoms with Crippen LogP contribution >= 0.6 is 0 Å². The summed E-state index contributed by atoms with van der Waals surface area (Å²) >= 11 is 0. The molecule has 1 aromatic carbocycles. The quantitative estimate of drug-likeness (QED) is 0.771. The van der Waals surface area contributed by atoms with Gasteiger partial charge in [0.15, 0.2) is 0 Å². The summed E-state index contributed by atoms with van der Waals surface area (Å²) in [5, 5.41) is 8.74. The summed E-state index contributed by atoms with van der Waals surface area (Å²) in [6.45, 7) is 2.95. The largest absolute Gasteiger partial charge is 0.292 e. The van der Waals surface area contributed by atoms with Crippen LogP contribution in [0.4, 0.5) is 0 Å². The zero-order valence-corrected chi connectivity index (χ0v) is 11.0. The molecular formula is C17H18N2. The van der Waals surface area contributed by atoms with E-state index in [0.29, 0.717) is 11.5 Å². The van der Waals surface area contributed by atoms with Crippen LogP contribution in [0.25, 0.3) is 6.08 Å². The van der Waals surface area contributed by atoms with E-state index in [1.165, 1.54) is 12.8 Å². The Hall–Kier alpha value is -2.03. The molecule has 19 heavy (non-hydrogen) atoms. The van der Waals surface area contributed by atoms with E-state index in [2.05, 4.69) is 29.0 Å². The lowest BCUT2D eigenvalue weighted by Gasteiger charge is -2.28. The highest BCUT2D eigenvalue weighted by Gasteiger charge is 2.15. The molecule has 0 aromatic heterocycles. The normalized spacial score (nSPS) is 17.2. The summed E-state index contributed by atoms with van der Waals surface area (Å²) in [5.74, 6) is 3.35. The van der Waals surface area contributed by atoms with Gasteiger partial charge in [0.05, 0.1) is 18.2 Å². The molecule has 0 atom stereocenters. The number of hydrogen-bond donors (Lipinski definition) is 0.